The average molecular weight is 317 g/mol. The van der Waals surface area contributed by atoms with E-state index < -0.39 is 15.7 Å². The summed E-state index contributed by atoms with van der Waals surface area (Å²) in [6.45, 7) is 2.40. The third-order valence-corrected chi connectivity index (χ3v) is 6.12. The molecule has 0 unspecified atom stereocenters. The highest BCUT2D eigenvalue weighted by Crippen LogP contribution is 2.36. The molecule has 1 aromatic carbocycles. The molecular weight excluding hydrogens is 300 g/mol. The van der Waals surface area contributed by atoms with E-state index in [0.717, 1.165) is 13.1 Å². The van der Waals surface area contributed by atoms with Crippen LogP contribution in [0.5, 0.6) is 0 Å². The molecule has 0 aromatic heterocycles. The van der Waals surface area contributed by atoms with Crippen molar-refractivity contribution in [3.05, 3.63) is 29.3 Å². The molecule has 0 saturated carbocycles. The van der Waals surface area contributed by atoms with Gasteiger partial charge >= 0.3 is 0 Å². The third kappa shape index (κ3) is 2.35. The second kappa shape index (κ2) is 5.27. The first-order valence-corrected chi connectivity index (χ1v) is 8.50. The lowest BCUT2D eigenvalue weighted by atomic mass is 10.0. The van der Waals surface area contributed by atoms with Crippen LogP contribution in [0.3, 0.4) is 0 Å². The minimum absolute atomic E-state index is 0.269. The Labute approximate surface area is 123 Å². The summed E-state index contributed by atoms with van der Waals surface area (Å²) in [6, 6.07) is 6.29. The van der Waals surface area contributed by atoms with Gasteiger partial charge in [-0.1, -0.05) is 11.6 Å². The summed E-state index contributed by atoms with van der Waals surface area (Å²) in [7, 11) is -3.54. The summed E-state index contributed by atoms with van der Waals surface area (Å²) in [6.07, 6.45) is 1.36. The molecule has 0 amide bonds. The number of nitrogens with one attached hydrogen (secondary N) is 1. The molecule has 3 rings (SSSR count). The van der Waals surface area contributed by atoms with Gasteiger partial charge in [0.2, 0.25) is 10.0 Å². The van der Waals surface area contributed by atoms with Gasteiger partial charge in [0.05, 0.1) is 11.5 Å². The minimum Gasteiger partial charge on any atom is -0.358 e. The standard InChI is InChI=1S/C13H17ClN2O3S/c14-11-1-3-12(4-2-11)20(17,18)16-9-10-19-13(16)5-7-15-8-6-13/h1-4,15H,5-10H2. The van der Waals surface area contributed by atoms with Crippen LogP contribution in [0.2, 0.25) is 5.02 Å². The molecule has 20 heavy (non-hydrogen) atoms. The van der Waals surface area contributed by atoms with Crippen molar-refractivity contribution in [2.45, 2.75) is 23.5 Å². The van der Waals surface area contributed by atoms with Crippen LogP contribution in [-0.4, -0.2) is 44.7 Å². The Kier molecular flexibility index (Phi) is 3.77. The summed E-state index contributed by atoms with van der Waals surface area (Å²) in [5.74, 6) is 0. The van der Waals surface area contributed by atoms with Crippen LogP contribution in [0.15, 0.2) is 29.2 Å². The number of ether oxygens (including phenoxy) is 1. The predicted octanol–water partition coefficient (Wildman–Crippen LogP) is 1.44. The number of sulfonamides is 1. The summed E-state index contributed by atoms with van der Waals surface area (Å²) >= 11 is 5.82. The summed E-state index contributed by atoms with van der Waals surface area (Å²) in [5.41, 5.74) is -0.677. The fourth-order valence-corrected chi connectivity index (χ4v) is 4.73. The van der Waals surface area contributed by atoms with E-state index in [1.165, 1.54) is 4.31 Å². The molecule has 110 valence electrons. The quantitative estimate of drug-likeness (QED) is 0.897. The Balaban J connectivity index is 1.95. The molecule has 0 aliphatic carbocycles. The molecule has 5 nitrogen and oxygen atoms in total. The summed E-state index contributed by atoms with van der Waals surface area (Å²) < 4.78 is 32.9. The van der Waals surface area contributed by atoms with Crippen molar-refractivity contribution in [1.29, 1.82) is 0 Å². The molecule has 2 fully saturated rings. The number of rotatable bonds is 2. The van der Waals surface area contributed by atoms with Crippen LogP contribution in [0, 0.1) is 0 Å². The zero-order valence-corrected chi connectivity index (χ0v) is 12.6. The van der Waals surface area contributed by atoms with Crippen molar-refractivity contribution in [1.82, 2.24) is 9.62 Å². The molecule has 2 heterocycles. The van der Waals surface area contributed by atoms with Crippen molar-refractivity contribution in [3.8, 4) is 0 Å². The Morgan fingerprint density at radius 1 is 1.20 bits per heavy atom. The van der Waals surface area contributed by atoms with E-state index in [-0.39, 0.29) is 4.90 Å². The number of halogens is 1. The lowest BCUT2D eigenvalue weighted by molar-refractivity contribution is -0.0704. The number of hydrogen-bond donors (Lipinski definition) is 1. The van der Waals surface area contributed by atoms with E-state index in [2.05, 4.69) is 5.32 Å². The summed E-state index contributed by atoms with van der Waals surface area (Å²) in [5, 5.41) is 3.76. The molecule has 2 aliphatic rings. The highest BCUT2D eigenvalue weighted by molar-refractivity contribution is 7.89. The lowest BCUT2D eigenvalue weighted by Crippen LogP contribution is -2.53. The van der Waals surface area contributed by atoms with Gasteiger partial charge in [0.1, 0.15) is 5.72 Å². The number of hydrogen-bond acceptors (Lipinski definition) is 4. The van der Waals surface area contributed by atoms with Gasteiger partial charge in [-0.05, 0) is 37.4 Å². The summed E-state index contributed by atoms with van der Waals surface area (Å²) in [4.78, 5) is 0.269. The average Bonchev–Trinajstić information content (AvgIpc) is 2.84. The highest BCUT2D eigenvalue weighted by atomic mass is 35.5. The van der Waals surface area contributed by atoms with Gasteiger partial charge in [0.25, 0.3) is 0 Å². The first-order chi connectivity index (χ1) is 9.55. The van der Waals surface area contributed by atoms with Crippen molar-refractivity contribution in [2.75, 3.05) is 26.2 Å². The maximum Gasteiger partial charge on any atom is 0.245 e. The first-order valence-electron chi connectivity index (χ1n) is 6.68. The fraction of sp³-hybridized carbons (Fsp3) is 0.538. The van der Waals surface area contributed by atoms with Crippen LogP contribution >= 0.6 is 11.6 Å². The Hall–Kier alpha value is -0.660. The maximum absolute atomic E-state index is 12.8. The molecule has 7 heteroatoms. The molecule has 0 bridgehead atoms. The van der Waals surface area contributed by atoms with Gasteiger partial charge in [-0.15, -0.1) is 0 Å². The molecule has 1 spiro atoms. The smallest absolute Gasteiger partial charge is 0.245 e. The van der Waals surface area contributed by atoms with E-state index >= 15 is 0 Å². The Bertz CT molecular complexity index is 582. The van der Waals surface area contributed by atoms with E-state index in [0.29, 0.717) is 31.0 Å². The minimum atomic E-state index is -3.54. The Morgan fingerprint density at radius 3 is 2.50 bits per heavy atom. The third-order valence-electron chi connectivity index (χ3n) is 3.91. The molecule has 1 aromatic rings. The number of nitrogens with zero attached hydrogens (tertiary/aromatic N) is 1. The lowest BCUT2D eigenvalue weighted by Gasteiger charge is -2.39. The van der Waals surface area contributed by atoms with Crippen molar-refractivity contribution in [3.63, 3.8) is 0 Å². The largest absolute Gasteiger partial charge is 0.358 e. The van der Waals surface area contributed by atoms with Gasteiger partial charge in [-0.3, -0.25) is 0 Å². The second-order valence-corrected chi connectivity index (χ2v) is 7.37. The maximum atomic E-state index is 12.8. The van der Waals surface area contributed by atoms with Gasteiger partial charge < -0.3 is 10.1 Å². The SMILES string of the molecule is O=S(=O)(c1ccc(Cl)cc1)N1CCOC12CCNCC2. The second-order valence-electron chi connectivity index (χ2n) is 5.08. The van der Waals surface area contributed by atoms with Crippen LogP contribution in [0.25, 0.3) is 0 Å². The zero-order chi connectivity index (χ0) is 14.2. The number of benzene rings is 1. The van der Waals surface area contributed by atoms with Crippen molar-refractivity contribution < 1.29 is 13.2 Å². The normalized spacial score (nSPS) is 23.2. The highest BCUT2D eigenvalue weighted by Gasteiger charge is 2.49. The van der Waals surface area contributed by atoms with Crippen LogP contribution in [-0.2, 0) is 14.8 Å². The number of piperidine rings is 1. The Morgan fingerprint density at radius 2 is 1.85 bits per heavy atom. The van der Waals surface area contributed by atoms with E-state index in [1.54, 1.807) is 24.3 Å². The molecule has 0 radical (unpaired) electrons. The zero-order valence-electron chi connectivity index (χ0n) is 11.0. The molecular formula is C13H17ClN2O3S. The van der Waals surface area contributed by atoms with Crippen molar-refractivity contribution in [2.24, 2.45) is 0 Å². The van der Waals surface area contributed by atoms with Gasteiger partial charge in [0, 0.05) is 24.4 Å². The molecule has 0 atom stereocenters. The predicted molar refractivity (Wildman–Crippen MR) is 76.1 cm³/mol. The van der Waals surface area contributed by atoms with Crippen LogP contribution in [0.4, 0.5) is 0 Å². The van der Waals surface area contributed by atoms with E-state index in [1.807, 2.05) is 0 Å². The van der Waals surface area contributed by atoms with Crippen LogP contribution in [0.1, 0.15) is 12.8 Å². The van der Waals surface area contributed by atoms with E-state index in [4.69, 9.17) is 16.3 Å². The molecule has 1 N–H and O–H groups in total. The molecule has 2 aliphatic heterocycles. The monoisotopic (exact) mass is 316 g/mol. The molecule has 2 saturated heterocycles. The van der Waals surface area contributed by atoms with E-state index in [9.17, 15) is 8.42 Å². The first kappa shape index (κ1) is 14.3. The van der Waals surface area contributed by atoms with Gasteiger partial charge in [-0.2, -0.15) is 4.31 Å². The topological polar surface area (TPSA) is 58.6 Å². The van der Waals surface area contributed by atoms with Crippen molar-refractivity contribution >= 4 is 21.6 Å². The van der Waals surface area contributed by atoms with Crippen LogP contribution < -0.4 is 5.32 Å². The van der Waals surface area contributed by atoms with Gasteiger partial charge in [0.15, 0.2) is 0 Å². The van der Waals surface area contributed by atoms with Gasteiger partial charge in [-0.25, -0.2) is 8.42 Å². The fourth-order valence-electron chi connectivity index (χ4n) is 2.88.